The van der Waals surface area contributed by atoms with Crippen molar-refractivity contribution < 1.29 is 4.79 Å². The molecule has 28 heavy (non-hydrogen) atoms. The summed E-state index contributed by atoms with van der Waals surface area (Å²) in [5, 5.41) is 5.61. The number of pyridine rings is 1. The van der Waals surface area contributed by atoms with Crippen LogP contribution in [0.1, 0.15) is 36.2 Å². The highest BCUT2D eigenvalue weighted by Crippen LogP contribution is 2.28. The lowest BCUT2D eigenvalue weighted by Gasteiger charge is -2.36. The van der Waals surface area contributed by atoms with Crippen molar-refractivity contribution in [3.63, 3.8) is 0 Å². The van der Waals surface area contributed by atoms with Crippen molar-refractivity contribution in [3.05, 3.63) is 66.5 Å². The van der Waals surface area contributed by atoms with Gasteiger partial charge in [-0.1, -0.05) is 61.4 Å². The van der Waals surface area contributed by atoms with Crippen LogP contribution < -0.4 is 5.32 Å². The first-order valence-electron chi connectivity index (χ1n) is 10.0. The first-order valence-corrected chi connectivity index (χ1v) is 10.0. The zero-order valence-electron chi connectivity index (χ0n) is 16.6. The first kappa shape index (κ1) is 18.6. The summed E-state index contributed by atoms with van der Waals surface area (Å²) < 4.78 is 0. The van der Waals surface area contributed by atoms with Gasteiger partial charge in [-0.25, -0.2) is 0 Å². The lowest BCUT2D eigenvalue weighted by Crippen LogP contribution is -2.51. The second-order valence-electron chi connectivity index (χ2n) is 7.85. The highest BCUT2D eigenvalue weighted by atomic mass is 16.1. The van der Waals surface area contributed by atoms with Crippen LogP contribution in [0.4, 0.5) is 0 Å². The van der Waals surface area contributed by atoms with Crippen LogP contribution in [0.3, 0.4) is 0 Å². The molecule has 0 saturated heterocycles. The normalized spacial score (nSPS) is 19.7. The quantitative estimate of drug-likeness (QED) is 0.732. The molecule has 4 rings (SSSR count). The average Bonchev–Trinajstić information content (AvgIpc) is 2.73. The van der Waals surface area contributed by atoms with Gasteiger partial charge in [0.15, 0.2) is 0 Å². The molecular formula is C24H27N3O. The van der Waals surface area contributed by atoms with Gasteiger partial charge in [0.25, 0.3) is 5.91 Å². The summed E-state index contributed by atoms with van der Waals surface area (Å²) in [5.74, 6) is -0.0804. The fraction of sp³-hybridized carbons (Fsp3) is 0.333. The van der Waals surface area contributed by atoms with E-state index in [1.807, 2.05) is 24.3 Å². The summed E-state index contributed by atoms with van der Waals surface area (Å²) in [4.78, 5) is 19.4. The standard InChI is InChI=1S/C24H27N3O/c1-27(2)23-13-6-5-12-21(23)26-24(28)22-15-14-18(16-25-22)20-11-7-9-17-8-3-4-10-19(17)20/h3-4,7-11,14-16,21,23H,5-6,12-13H2,1-2H3,(H,26,28). The lowest BCUT2D eigenvalue weighted by atomic mass is 9.89. The zero-order chi connectivity index (χ0) is 19.5. The number of benzene rings is 2. The molecule has 2 atom stereocenters. The maximum atomic E-state index is 12.7. The minimum atomic E-state index is -0.0804. The van der Waals surface area contributed by atoms with Gasteiger partial charge in [-0.15, -0.1) is 0 Å². The number of aromatic nitrogens is 1. The van der Waals surface area contributed by atoms with E-state index in [-0.39, 0.29) is 11.9 Å². The predicted octanol–water partition coefficient (Wildman–Crippen LogP) is 4.50. The van der Waals surface area contributed by atoms with E-state index in [1.54, 1.807) is 6.20 Å². The Morgan fingerprint density at radius 3 is 2.57 bits per heavy atom. The van der Waals surface area contributed by atoms with E-state index in [0.717, 1.165) is 24.0 Å². The SMILES string of the molecule is CN(C)C1CCCCC1NC(=O)c1ccc(-c2cccc3ccccc23)cn1. The van der Waals surface area contributed by atoms with Gasteiger partial charge < -0.3 is 10.2 Å². The molecule has 2 aromatic carbocycles. The number of hydrogen-bond donors (Lipinski definition) is 1. The molecule has 4 heteroatoms. The molecule has 0 bridgehead atoms. The second-order valence-corrected chi connectivity index (χ2v) is 7.85. The summed E-state index contributed by atoms with van der Waals surface area (Å²) in [6.07, 6.45) is 6.37. The summed E-state index contributed by atoms with van der Waals surface area (Å²) >= 11 is 0. The average molecular weight is 374 g/mol. The molecule has 1 amide bonds. The third kappa shape index (κ3) is 3.78. The number of nitrogens with zero attached hydrogens (tertiary/aromatic N) is 2. The molecule has 0 aliphatic heterocycles. The molecule has 0 radical (unpaired) electrons. The van der Waals surface area contributed by atoms with E-state index < -0.39 is 0 Å². The number of hydrogen-bond acceptors (Lipinski definition) is 3. The van der Waals surface area contributed by atoms with Gasteiger partial charge in [0.2, 0.25) is 0 Å². The van der Waals surface area contributed by atoms with Gasteiger partial charge >= 0.3 is 0 Å². The minimum absolute atomic E-state index is 0.0804. The molecule has 144 valence electrons. The third-order valence-corrected chi connectivity index (χ3v) is 5.81. The van der Waals surface area contributed by atoms with Crippen molar-refractivity contribution in [2.24, 2.45) is 0 Å². The van der Waals surface area contributed by atoms with E-state index in [1.165, 1.54) is 23.6 Å². The summed E-state index contributed by atoms with van der Waals surface area (Å²) in [6, 6.07) is 19.0. The summed E-state index contributed by atoms with van der Waals surface area (Å²) in [7, 11) is 4.18. The van der Waals surface area contributed by atoms with Crippen LogP contribution in [0.5, 0.6) is 0 Å². The second kappa shape index (κ2) is 8.11. The smallest absolute Gasteiger partial charge is 0.270 e. The monoisotopic (exact) mass is 373 g/mol. The lowest BCUT2D eigenvalue weighted by molar-refractivity contribution is 0.0878. The number of rotatable bonds is 4. The van der Waals surface area contributed by atoms with Crippen LogP contribution in [-0.4, -0.2) is 42.0 Å². The molecule has 0 spiro atoms. The number of carbonyl (C=O) groups is 1. The van der Waals surface area contributed by atoms with Crippen molar-refractivity contribution >= 4 is 16.7 Å². The molecule has 1 saturated carbocycles. The Hall–Kier alpha value is -2.72. The molecule has 3 aromatic rings. The van der Waals surface area contributed by atoms with Crippen LogP contribution >= 0.6 is 0 Å². The Kier molecular flexibility index (Phi) is 5.40. The van der Waals surface area contributed by atoms with Gasteiger partial charge in [-0.3, -0.25) is 9.78 Å². The molecule has 1 N–H and O–H groups in total. The number of nitrogens with one attached hydrogen (secondary N) is 1. The summed E-state index contributed by atoms with van der Waals surface area (Å²) in [5.41, 5.74) is 2.64. The highest BCUT2D eigenvalue weighted by molar-refractivity contribution is 5.97. The number of amides is 1. The third-order valence-electron chi connectivity index (χ3n) is 5.81. The molecule has 2 unspecified atom stereocenters. The van der Waals surface area contributed by atoms with Crippen molar-refractivity contribution in [3.8, 4) is 11.1 Å². The zero-order valence-corrected chi connectivity index (χ0v) is 16.6. The van der Waals surface area contributed by atoms with Crippen LogP contribution in [0.2, 0.25) is 0 Å². The molecule has 4 nitrogen and oxygen atoms in total. The maximum absolute atomic E-state index is 12.7. The molecule has 1 heterocycles. The molecule has 1 aliphatic rings. The molecule has 1 aromatic heterocycles. The fourth-order valence-electron chi connectivity index (χ4n) is 4.30. The molecule has 1 aliphatic carbocycles. The topological polar surface area (TPSA) is 45.2 Å². The van der Waals surface area contributed by atoms with Crippen molar-refractivity contribution in [2.75, 3.05) is 14.1 Å². The Morgan fingerprint density at radius 1 is 1.00 bits per heavy atom. The summed E-state index contributed by atoms with van der Waals surface area (Å²) in [6.45, 7) is 0. The molecule has 1 fully saturated rings. The predicted molar refractivity (Wildman–Crippen MR) is 114 cm³/mol. The van der Waals surface area contributed by atoms with Crippen LogP contribution in [0, 0.1) is 0 Å². The Bertz CT molecular complexity index is 960. The first-order chi connectivity index (χ1) is 13.6. The van der Waals surface area contributed by atoms with E-state index in [0.29, 0.717) is 11.7 Å². The van der Waals surface area contributed by atoms with Gasteiger partial charge in [0, 0.05) is 23.8 Å². The molecular weight excluding hydrogens is 346 g/mol. The van der Waals surface area contributed by atoms with Gasteiger partial charge in [0.1, 0.15) is 5.69 Å². The number of fused-ring (bicyclic) bond motifs is 1. The Balaban J connectivity index is 1.53. The largest absolute Gasteiger partial charge is 0.346 e. The van der Waals surface area contributed by atoms with Gasteiger partial charge in [0.05, 0.1) is 0 Å². The Morgan fingerprint density at radius 2 is 1.79 bits per heavy atom. The van der Waals surface area contributed by atoms with Gasteiger partial charge in [-0.05, 0) is 49.3 Å². The maximum Gasteiger partial charge on any atom is 0.270 e. The number of carbonyl (C=O) groups excluding carboxylic acids is 1. The van der Waals surface area contributed by atoms with E-state index >= 15 is 0 Å². The Labute approximate surface area is 166 Å². The van der Waals surface area contributed by atoms with E-state index in [2.05, 4.69) is 59.6 Å². The number of likely N-dealkylation sites (N-methyl/N-ethyl adjacent to an activating group) is 1. The van der Waals surface area contributed by atoms with Gasteiger partial charge in [-0.2, -0.15) is 0 Å². The van der Waals surface area contributed by atoms with Crippen molar-refractivity contribution in [1.82, 2.24) is 15.2 Å². The fourth-order valence-corrected chi connectivity index (χ4v) is 4.30. The van der Waals surface area contributed by atoms with Crippen LogP contribution in [-0.2, 0) is 0 Å². The van der Waals surface area contributed by atoms with Crippen molar-refractivity contribution in [2.45, 2.75) is 37.8 Å². The minimum Gasteiger partial charge on any atom is -0.346 e. The van der Waals surface area contributed by atoms with E-state index in [4.69, 9.17) is 0 Å². The van der Waals surface area contributed by atoms with Crippen molar-refractivity contribution in [1.29, 1.82) is 0 Å². The highest BCUT2D eigenvalue weighted by Gasteiger charge is 2.28. The van der Waals surface area contributed by atoms with Crippen LogP contribution in [0.25, 0.3) is 21.9 Å². The van der Waals surface area contributed by atoms with E-state index in [9.17, 15) is 4.79 Å². The van der Waals surface area contributed by atoms with Crippen LogP contribution in [0.15, 0.2) is 60.8 Å².